The standard InChI is InChI=1S/C19H26N4O3/c1-3-23-9-10-24-16(17(23)19-21-7-8-22(19)2)12-20-11-14-5-4-6-15-18(14)26-13-25-15/h4-8,16-17,20H,3,9-13H2,1-2H3/t16-,17+/m0/s1. The van der Waals surface area contributed by atoms with Gasteiger partial charge in [0.05, 0.1) is 18.8 Å². The second-order valence-corrected chi connectivity index (χ2v) is 6.66. The van der Waals surface area contributed by atoms with Crippen LogP contribution in [0, 0.1) is 0 Å². The zero-order valence-corrected chi connectivity index (χ0v) is 15.4. The number of likely N-dealkylation sites (N-methyl/N-ethyl adjacent to an activating group) is 1. The van der Waals surface area contributed by atoms with Gasteiger partial charge in [0.15, 0.2) is 11.5 Å². The molecule has 0 radical (unpaired) electrons. The Morgan fingerprint density at radius 2 is 2.23 bits per heavy atom. The van der Waals surface area contributed by atoms with Crippen LogP contribution in [-0.4, -0.2) is 53.6 Å². The van der Waals surface area contributed by atoms with Crippen molar-refractivity contribution in [1.29, 1.82) is 0 Å². The molecule has 0 bridgehead atoms. The Morgan fingerprint density at radius 1 is 1.31 bits per heavy atom. The predicted octanol–water partition coefficient (Wildman–Crippen LogP) is 1.70. The molecule has 7 nitrogen and oxygen atoms in total. The van der Waals surface area contributed by atoms with Crippen molar-refractivity contribution in [1.82, 2.24) is 19.8 Å². The van der Waals surface area contributed by atoms with E-state index in [0.29, 0.717) is 13.3 Å². The van der Waals surface area contributed by atoms with E-state index in [2.05, 4.69) is 32.8 Å². The highest BCUT2D eigenvalue weighted by atomic mass is 16.7. The van der Waals surface area contributed by atoms with E-state index in [1.807, 2.05) is 31.6 Å². The first-order valence-corrected chi connectivity index (χ1v) is 9.19. The molecule has 26 heavy (non-hydrogen) atoms. The highest BCUT2D eigenvalue weighted by Crippen LogP contribution is 2.35. The molecule has 2 aromatic rings. The van der Waals surface area contributed by atoms with Crippen LogP contribution < -0.4 is 14.8 Å². The molecule has 1 N–H and O–H groups in total. The Bertz CT molecular complexity index is 748. The molecular weight excluding hydrogens is 332 g/mol. The van der Waals surface area contributed by atoms with Crippen molar-refractivity contribution in [3.63, 3.8) is 0 Å². The zero-order chi connectivity index (χ0) is 17.9. The molecule has 1 saturated heterocycles. The van der Waals surface area contributed by atoms with Gasteiger partial charge in [0.2, 0.25) is 6.79 Å². The smallest absolute Gasteiger partial charge is 0.231 e. The third-order valence-electron chi connectivity index (χ3n) is 5.12. The first-order valence-electron chi connectivity index (χ1n) is 9.19. The van der Waals surface area contributed by atoms with Gasteiger partial charge in [0.25, 0.3) is 0 Å². The third-order valence-corrected chi connectivity index (χ3v) is 5.12. The van der Waals surface area contributed by atoms with Crippen LogP contribution in [0.15, 0.2) is 30.6 Å². The van der Waals surface area contributed by atoms with Gasteiger partial charge in [0, 0.05) is 44.6 Å². The number of hydrogen-bond acceptors (Lipinski definition) is 6. The molecule has 0 spiro atoms. The van der Waals surface area contributed by atoms with E-state index < -0.39 is 0 Å². The maximum absolute atomic E-state index is 6.12. The monoisotopic (exact) mass is 358 g/mol. The topological polar surface area (TPSA) is 60.8 Å². The number of aromatic nitrogens is 2. The summed E-state index contributed by atoms with van der Waals surface area (Å²) in [6, 6.07) is 6.16. The Kier molecular flexibility index (Phi) is 5.10. The van der Waals surface area contributed by atoms with Crippen LogP contribution in [0.5, 0.6) is 11.5 Å². The molecule has 0 amide bonds. The van der Waals surface area contributed by atoms with Crippen molar-refractivity contribution in [2.75, 3.05) is 33.0 Å². The highest BCUT2D eigenvalue weighted by Gasteiger charge is 2.35. The van der Waals surface area contributed by atoms with Crippen LogP contribution in [0.1, 0.15) is 24.4 Å². The van der Waals surface area contributed by atoms with Crippen LogP contribution in [0.4, 0.5) is 0 Å². The first-order chi connectivity index (χ1) is 12.8. The van der Waals surface area contributed by atoms with Crippen LogP contribution in [-0.2, 0) is 18.3 Å². The number of imidazole rings is 1. The highest BCUT2D eigenvalue weighted by molar-refractivity contribution is 5.48. The lowest BCUT2D eigenvalue weighted by molar-refractivity contribution is -0.0730. The summed E-state index contributed by atoms with van der Waals surface area (Å²) >= 11 is 0. The Hall–Kier alpha value is -2.09. The fourth-order valence-electron chi connectivity index (χ4n) is 3.78. The minimum atomic E-state index is 0.0544. The fourth-order valence-corrected chi connectivity index (χ4v) is 3.78. The molecule has 0 aliphatic carbocycles. The summed E-state index contributed by atoms with van der Waals surface area (Å²) in [6.07, 6.45) is 3.90. The Morgan fingerprint density at radius 3 is 3.04 bits per heavy atom. The van der Waals surface area contributed by atoms with Gasteiger partial charge in [-0.2, -0.15) is 0 Å². The van der Waals surface area contributed by atoms with Crippen molar-refractivity contribution >= 4 is 0 Å². The lowest BCUT2D eigenvalue weighted by Crippen LogP contribution is -2.49. The maximum atomic E-state index is 6.12. The molecule has 0 saturated carbocycles. The van der Waals surface area contributed by atoms with E-state index >= 15 is 0 Å². The molecule has 2 aliphatic rings. The van der Waals surface area contributed by atoms with Gasteiger partial charge in [0.1, 0.15) is 5.82 Å². The summed E-state index contributed by atoms with van der Waals surface area (Å²) < 4.78 is 19.2. The van der Waals surface area contributed by atoms with E-state index in [-0.39, 0.29) is 12.1 Å². The quantitative estimate of drug-likeness (QED) is 0.848. The summed E-state index contributed by atoms with van der Waals surface area (Å²) in [7, 11) is 2.04. The number of rotatable bonds is 6. The van der Waals surface area contributed by atoms with Gasteiger partial charge >= 0.3 is 0 Å². The third kappa shape index (κ3) is 3.30. The van der Waals surface area contributed by atoms with Crippen LogP contribution in [0.3, 0.4) is 0 Å². The largest absolute Gasteiger partial charge is 0.454 e. The van der Waals surface area contributed by atoms with Crippen molar-refractivity contribution in [2.45, 2.75) is 25.6 Å². The molecule has 3 heterocycles. The molecule has 0 unspecified atom stereocenters. The van der Waals surface area contributed by atoms with Crippen molar-refractivity contribution in [2.24, 2.45) is 7.05 Å². The molecule has 1 aromatic carbocycles. The van der Waals surface area contributed by atoms with E-state index in [4.69, 9.17) is 14.2 Å². The zero-order valence-electron chi connectivity index (χ0n) is 15.4. The lowest BCUT2D eigenvalue weighted by Gasteiger charge is -2.40. The van der Waals surface area contributed by atoms with E-state index in [1.165, 1.54) is 0 Å². The molecule has 2 aliphatic heterocycles. The van der Waals surface area contributed by atoms with Crippen LogP contribution >= 0.6 is 0 Å². The van der Waals surface area contributed by atoms with E-state index in [9.17, 15) is 0 Å². The Labute approximate surface area is 153 Å². The van der Waals surface area contributed by atoms with Gasteiger partial charge < -0.3 is 24.1 Å². The maximum Gasteiger partial charge on any atom is 0.231 e. The van der Waals surface area contributed by atoms with Crippen LogP contribution in [0.2, 0.25) is 0 Å². The summed E-state index contributed by atoms with van der Waals surface area (Å²) in [4.78, 5) is 7.02. The SMILES string of the molecule is CCN1CCO[C@@H](CNCc2cccc3c2OCO3)[C@@H]1c1nccn1C. The van der Waals surface area contributed by atoms with Gasteiger partial charge in [-0.3, -0.25) is 4.90 Å². The molecule has 140 valence electrons. The van der Waals surface area contributed by atoms with Gasteiger partial charge in [-0.05, 0) is 12.6 Å². The first kappa shape index (κ1) is 17.3. The second kappa shape index (κ2) is 7.65. The van der Waals surface area contributed by atoms with Crippen molar-refractivity contribution in [3.05, 3.63) is 42.0 Å². The number of nitrogens with one attached hydrogen (secondary N) is 1. The number of hydrogen-bond donors (Lipinski definition) is 1. The summed E-state index contributed by atoms with van der Waals surface area (Å²) in [6.45, 7) is 6.61. The van der Waals surface area contributed by atoms with E-state index in [1.54, 1.807) is 0 Å². The number of nitrogens with zero attached hydrogens (tertiary/aromatic N) is 3. The molecule has 1 aromatic heterocycles. The summed E-state index contributed by atoms with van der Waals surface area (Å²) in [5, 5.41) is 3.53. The molecule has 2 atom stereocenters. The van der Waals surface area contributed by atoms with Gasteiger partial charge in [-0.15, -0.1) is 0 Å². The second-order valence-electron chi connectivity index (χ2n) is 6.66. The summed E-state index contributed by atoms with van der Waals surface area (Å²) in [5.74, 6) is 2.72. The average Bonchev–Trinajstić information content (AvgIpc) is 3.30. The average molecular weight is 358 g/mol. The van der Waals surface area contributed by atoms with Gasteiger partial charge in [-0.25, -0.2) is 4.98 Å². The van der Waals surface area contributed by atoms with Gasteiger partial charge in [-0.1, -0.05) is 19.1 Å². The lowest BCUT2D eigenvalue weighted by atomic mass is 10.1. The molecule has 7 heteroatoms. The van der Waals surface area contributed by atoms with E-state index in [0.717, 1.165) is 49.1 Å². The number of morpholine rings is 1. The predicted molar refractivity (Wildman–Crippen MR) is 97.2 cm³/mol. The number of ether oxygens (including phenoxy) is 3. The molecular formula is C19H26N4O3. The molecule has 4 rings (SSSR count). The van der Waals surface area contributed by atoms with Crippen molar-refractivity contribution < 1.29 is 14.2 Å². The Balaban J connectivity index is 1.44. The van der Waals surface area contributed by atoms with Crippen LogP contribution in [0.25, 0.3) is 0 Å². The number of benzene rings is 1. The number of aryl methyl sites for hydroxylation is 1. The number of para-hydroxylation sites is 1. The molecule has 1 fully saturated rings. The summed E-state index contributed by atoms with van der Waals surface area (Å²) in [5.41, 5.74) is 1.11. The fraction of sp³-hybridized carbons (Fsp3) is 0.526. The minimum absolute atomic E-state index is 0.0544. The minimum Gasteiger partial charge on any atom is -0.454 e. The normalized spacial score (nSPS) is 22.7. The van der Waals surface area contributed by atoms with Crippen molar-refractivity contribution in [3.8, 4) is 11.5 Å². The number of fused-ring (bicyclic) bond motifs is 1.